The SMILES string of the molecule is Cl.Cl.[CH3][Ti]([CH3])([CH3])([CH3])(=[SiH2])([c]1ccc[nH]1)[CH]1C=Cc2ccccc21. The molecule has 0 amide bonds. The van der Waals surface area contributed by atoms with E-state index in [9.17, 15) is 0 Å². The molecule has 1 aliphatic carbocycles. The van der Waals surface area contributed by atoms with Crippen LogP contribution in [-0.2, 0) is 11.5 Å². The maximum atomic E-state index is 3.56. The van der Waals surface area contributed by atoms with Crippen molar-refractivity contribution in [1.29, 1.82) is 0 Å². The van der Waals surface area contributed by atoms with Gasteiger partial charge in [0.25, 0.3) is 0 Å². The van der Waals surface area contributed by atoms with Gasteiger partial charge in [0.15, 0.2) is 0 Å². The normalized spacial score (nSPS) is 21.3. The first-order chi connectivity index (χ1) is 8.94. The predicted molar refractivity (Wildman–Crippen MR) is 105 cm³/mol. The number of rotatable bonds is 2. The third kappa shape index (κ3) is 2.70. The maximum absolute atomic E-state index is 3.92. The Morgan fingerprint density at radius 1 is 0.955 bits per heavy atom. The predicted octanol–water partition coefficient (Wildman–Crippen LogP) is 4.75. The summed E-state index contributed by atoms with van der Waals surface area (Å²) in [7, 11) is 2.27. The molecule has 1 unspecified atom stereocenters. The van der Waals surface area contributed by atoms with Crippen LogP contribution in [0.2, 0.25) is 20.9 Å². The average Bonchev–Trinajstić information content (AvgIpc) is 2.98. The molecule has 1 aliphatic rings. The van der Waals surface area contributed by atoms with Gasteiger partial charge in [-0.15, -0.1) is 24.8 Å². The molecule has 0 spiro atoms. The quantitative estimate of drug-likeness (QED) is 0.710. The molecular formula is C17H27Cl2NSiTi. The number of hydrogen-bond acceptors (Lipinski definition) is 0. The number of hydrogen-bond donors (Lipinski definition) is 1. The molecular weight excluding hydrogens is 365 g/mol. The van der Waals surface area contributed by atoms with Crippen LogP contribution in [0.5, 0.6) is 0 Å². The molecule has 1 aromatic carbocycles. The summed E-state index contributed by atoms with van der Waals surface area (Å²) in [5.41, 5.74) is 2.87. The molecule has 1 heterocycles. The van der Waals surface area contributed by atoms with Gasteiger partial charge in [0.1, 0.15) is 0 Å². The summed E-state index contributed by atoms with van der Waals surface area (Å²) in [5.74, 6) is 0. The molecule has 2 aromatic rings. The number of aromatic amines is 1. The van der Waals surface area contributed by atoms with Crippen LogP contribution < -0.4 is 4.00 Å². The molecule has 1 aromatic heterocycles. The van der Waals surface area contributed by atoms with E-state index in [1.807, 2.05) is 0 Å². The number of halogens is 2. The van der Waals surface area contributed by atoms with Crippen LogP contribution in [0.3, 0.4) is 0 Å². The zero-order chi connectivity index (χ0) is 14.8. The average molecular weight is 392 g/mol. The topological polar surface area (TPSA) is 15.8 Å². The van der Waals surface area contributed by atoms with Gasteiger partial charge in [0.05, 0.1) is 0 Å². The Bertz CT molecular complexity index is 838. The monoisotopic (exact) mass is 391 g/mol. The van der Waals surface area contributed by atoms with Crippen LogP contribution in [0.1, 0.15) is 15.3 Å². The van der Waals surface area contributed by atoms with Gasteiger partial charge in [-0.05, 0) is 0 Å². The number of benzene rings is 1. The second-order valence-corrected chi connectivity index (χ2v) is 49.4. The Morgan fingerprint density at radius 3 is 2.18 bits per heavy atom. The van der Waals surface area contributed by atoms with Crippen molar-refractivity contribution < 1.29 is 11.5 Å². The minimum atomic E-state index is -3.92. The zero-order valence-electron chi connectivity index (χ0n) is 13.8. The Morgan fingerprint density at radius 2 is 1.59 bits per heavy atom. The van der Waals surface area contributed by atoms with E-state index in [1.165, 1.54) is 15.1 Å². The summed E-state index contributed by atoms with van der Waals surface area (Å²) < 4.78 is 1.92. The van der Waals surface area contributed by atoms with E-state index >= 15 is 0 Å². The van der Waals surface area contributed by atoms with E-state index in [-0.39, 0.29) is 24.8 Å². The van der Waals surface area contributed by atoms with Crippen LogP contribution in [0, 0.1) is 0 Å². The summed E-state index contributed by atoms with van der Waals surface area (Å²) in [5, 5.41) is 10.2. The molecule has 0 saturated heterocycles. The molecule has 5 heteroatoms. The number of nitrogens with one attached hydrogen (secondary N) is 1. The van der Waals surface area contributed by atoms with Gasteiger partial charge in [0.2, 0.25) is 0 Å². The molecule has 22 heavy (non-hydrogen) atoms. The van der Waals surface area contributed by atoms with E-state index in [0.717, 1.165) is 0 Å². The fraction of sp³-hybridized carbons (Fsp3) is 0.294. The zero-order valence-corrected chi connectivity index (χ0v) is 18.4. The number of H-pyrrole nitrogens is 1. The van der Waals surface area contributed by atoms with Crippen molar-refractivity contribution in [2.45, 2.75) is 25.1 Å². The second-order valence-electron chi connectivity index (χ2n) is 10.6. The second kappa shape index (κ2) is 4.43. The molecule has 0 fully saturated rings. The molecule has 0 aliphatic heterocycles. The summed E-state index contributed by atoms with van der Waals surface area (Å²) >= 11 is -3.92. The fourth-order valence-electron chi connectivity index (χ4n) is 3.88. The van der Waals surface area contributed by atoms with Crippen molar-refractivity contribution in [3.63, 3.8) is 0 Å². The van der Waals surface area contributed by atoms with Crippen LogP contribution >= 0.6 is 24.8 Å². The number of allylic oxidation sites excluding steroid dienone is 1. The fourth-order valence-corrected chi connectivity index (χ4v) is 14.3. The van der Waals surface area contributed by atoms with Crippen LogP contribution in [-0.4, -0.2) is 12.6 Å². The Kier molecular flexibility index (Phi) is 3.99. The first-order valence-corrected chi connectivity index (χ1v) is 19.4. The third-order valence-corrected chi connectivity index (χ3v) is 19.6. The summed E-state index contributed by atoms with van der Waals surface area (Å²) in [6, 6.07) is 13.3. The molecule has 0 radical (unpaired) electrons. The van der Waals surface area contributed by atoms with E-state index in [1.54, 1.807) is 0 Å². The van der Waals surface area contributed by atoms with Gasteiger partial charge in [0, 0.05) is 0 Å². The summed E-state index contributed by atoms with van der Waals surface area (Å²) in [6.45, 7) is 0. The molecule has 0 saturated carbocycles. The van der Waals surface area contributed by atoms with Gasteiger partial charge in [-0.3, -0.25) is 0 Å². The van der Waals surface area contributed by atoms with Gasteiger partial charge >= 0.3 is 119 Å². The van der Waals surface area contributed by atoms with Crippen molar-refractivity contribution in [1.82, 2.24) is 4.98 Å². The first kappa shape index (κ1) is 19.8. The Hall–Kier alpha value is -0.249. The van der Waals surface area contributed by atoms with E-state index in [0.29, 0.717) is 4.22 Å². The molecule has 0 bridgehead atoms. The summed E-state index contributed by atoms with van der Waals surface area (Å²) in [6.07, 6.45) is 6.81. The minimum absolute atomic E-state index is 0. The van der Waals surface area contributed by atoms with Gasteiger partial charge < -0.3 is 0 Å². The van der Waals surface area contributed by atoms with Crippen LogP contribution in [0.4, 0.5) is 0 Å². The van der Waals surface area contributed by atoms with Crippen molar-refractivity contribution in [2.24, 2.45) is 0 Å². The van der Waals surface area contributed by atoms with Crippen molar-refractivity contribution >= 4 is 42.5 Å². The van der Waals surface area contributed by atoms with Crippen molar-refractivity contribution in [2.75, 3.05) is 0 Å². The third-order valence-electron chi connectivity index (χ3n) is 5.44. The van der Waals surface area contributed by atoms with E-state index in [4.69, 9.17) is 0 Å². The van der Waals surface area contributed by atoms with Crippen molar-refractivity contribution in [3.8, 4) is 0 Å². The Labute approximate surface area is 143 Å². The van der Waals surface area contributed by atoms with Gasteiger partial charge in [-0.1, -0.05) is 0 Å². The summed E-state index contributed by atoms with van der Waals surface area (Å²) in [4.78, 5) is 3.56. The molecule has 1 atom stereocenters. The number of aromatic nitrogens is 1. The molecule has 1 nitrogen and oxygen atoms in total. The van der Waals surface area contributed by atoms with Gasteiger partial charge in [-0.25, -0.2) is 0 Å². The van der Waals surface area contributed by atoms with E-state index in [2.05, 4.69) is 88.3 Å². The van der Waals surface area contributed by atoms with Gasteiger partial charge in [-0.2, -0.15) is 0 Å². The molecule has 122 valence electrons. The van der Waals surface area contributed by atoms with Crippen LogP contribution in [0.25, 0.3) is 6.08 Å². The Balaban J connectivity index is 0.00000121. The standard InChI is InChI=1S/C9H7.C4H4N.4CH3.2ClH.H2Si.Ti/c1-2-5-9-7-3-6-8(9)4-1;1-2-4-5-3-1;;;;;;;;/h1-7H;1-3,5H;4*1H3;2*1H;1H2;. The molecule has 1 N–H and O–H groups in total. The first-order valence-electron chi connectivity index (χ1n) is 7.46. The molecule has 3 rings (SSSR count). The van der Waals surface area contributed by atoms with Crippen molar-refractivity contribution in [3.05, 3.63) is 59.8 Å². The number of fused-ring (bicyclic) bond motifs is 1. The van der Waals surface area contributed by atoms with E-state index < -0.39 is 11.5 Å². The van der Waals surface area contributed by atoms with Crippen LogP contribution in [0.15, 0.2) is 48.7 Å².